The number of hydrogen-bond donors (Lipinski definition) is 0. The number of carbonyl (C=O) groups excluding carboxylic acids is 2. The Balaban J connectivity index is 2.06. The summed E-state index contributed by atoms with van der Waals surface area (Å²) in [5.74, 6) is -0.890. The summed E-state index contributed by atoms with van der Waals surface area (Å²) in [6, 6.07) is 12.4. The standard InChI is InChI=1S/C17H10N2O4/c20-16-10-9-14(11-5-1-2-6-12(11)16)18-17(21)13-7-3-4-8-15(13)19(22)23/h1-10H. The minimum Gasteiger partial charge on any atom is -0.289 e. The van der Waals surface area contributed by atoms with Gasteiger partial charge in [0.15, 0.2) is 5.78 Å². The van der Waals surface area contributed by atoms with E-state index in [2.05, 4.69) is 4.99 Å². The molecule has 1 aliphatic rings. The first-order chi connectivity index (χ1) is 11.1. The SMILES string of the molecule is O=C1C=CC(=NC(=O)c2ccccc2[N+](=O)[O-])c2ccccc21. The van der Waals surface area contributed by atoms with Gasteiger partial charge in [-0.3, -0.25) is 19.7 Å². The quantitative estimate of drug-likeness (QED) is 0.630. The van der Waals surface area contributed by atoms with Gasteiger partial charge in [-0.15, -0.1) is 0 Å². The third-order valence-corrected chi connectivity index (χ3v) is 3.41. The largest absolute Gasteiger partial charge is 0.289 e. The molecule has 0 radical (unpaired) electrons. The van der Waals surface area contributed by atoms with E-state index < -0.39 is 10.8 Å². The summed E-state index contributed by atoms with van der Waals surface area (Å²) in [4.78, 5) is 38.5. The molecular formula is C17H10N2O4. The molecule has 0 unspecified atom stereocenters. The van der Waals surface area contributed by atoms with Gasteiger partial charge in [-0.2, -0.15) is 0 Å². The van der Waals surface area contributed by atoms with Crippen molar-refractivity contribution in [3.05, 3.63) is 87.5 Å². The van der Waals surface area contributed by atoms with Gasteiger partial charge in [0.25, 0.3) is 11.6 Å². The molecule has 0 aromatic heterocycles. The van der Waals surface area contributed by atoms with Gasteiger partial charge in [0, 0.05) is 17.2 Å². The monoisotopic (exact) mass is 306 g/mol. The molecule has 0 spiro atoms. The van der Waals surface area contributed by atoms with Crippen LogP contribution in [0.3, 0.4) is 0 Å². The summed E-state index contributed by atoms with van der Waals surface area (Å²) < 4.78 is 0. The molecule has 0 N–H and O–H groups in total. The molecule has 1 aliphatic carbocycles. The lowest BCUT2D eigenvalue weighted by Gasteiger charge is -2.11. The molecule has 2 aromatic rings. The highest BCUT2D eigenvalue weighted by Gasteiger charge is 2.21. The first-order valence-corrected chi connectivity index (χ1v) is 6.76. The normalized spacial score (nSPS) is 14.6. The summed E-state index contributed by atoms with van der Waals surface area (Å²) in [7, 11) is 0. The van der Waals surface area contributed by atoms with Crippen molar-refractivity contribution >= 4 is 23.1 Å². The number of allylic oxidation sites excluding steroid dienone is 2. The number of hydrogen-bond acceptors (Lipinski definition) is 4. The maximum atomic E-state index is 12.3. The topological polar surface area (TPSA) is 89.6 Å². The van der Waals surface area contributed by atoms with Gasteiger partial charge >= 0.3 is 0 Å². The minimum atomic E-state index is -0.721. The van der Waals surface area contributed by atoms with Gasteiger partial charge in [-0.1, -0.05) is 36.4 Å². The zero-order valence-electron chi connectivity index (χ0n) is 11.8. The Labute approximate surface area is 130 Å². The fourth-order valence-corrected chi connectivity index (χ4v) is 2.34. The van der Waals surface area contributed by atoms with Crippen LogP contribution in [0.25, 0.3) is 0 Å². The molecule has 3 rings (SSSR count). The average molecular weight is 306 g/mol. The van der Waals surface area contributed by atoms with E-state index in [0.717, 1.165) is 0 Å². The van der Waals surface area contributed by atoms with Gasteiger partial charge < -0.3 is 0 Å². The third-order valence-electron chi connectivity index (χ3n) is 3.41. The van der Waals surface area contributed by atoms with Crippen molar-refractivity contribution in [1.29, 1.82) is 0 Å². The van der Waals surface area contributed by atoms with Crippen LogP contribution in [0, 0.1) is 10.1 Å². The van der Waals surface area contributed by atoms with Crippen LogP contribution >= 0.6 is 0 Å². The van der Waals surface area contributed by atoms with Crippen LogP contribution in [-0.4, -0.2) is 22.3 Å². The molecule has 0 fully saturated rings. The second-order valence-electron chi connectivity index (χ2n) is 4.82. The highest BCUT2D eigenvalue weighted by molar-refractivity contribution is 6.26. The van der Waals surface area contributed by atoms with Crippen molar-refractivity contribution in [1.82, 2.24) is 0 Å². The second kappa shape index (κ2) is 5.76. The average Bonchev–Trinajstić information content (AvgIpc) is 2.57. The molecule has 112 valence electrons. The fraction of sp³-hybridized carbons (Fsp3) is 0. The highest BCUT2D eigenvalue weighted by Crippen LogP contribution is 2.21. The van der Waals surface area contributed by atoms with Gasteiger partial charge in [0.1, 0.15) is 5.56 Å². The fourth-order valence-electron chi connectivity index (χ4n) is 2.34. The molecule has 0 bridgehead atoms. The van der Waals surface area contributed by atoms with Gasteiger partial charge in [0.2, 0.25) is 0 Å². The number of benzene rings is 2. The van der Waals surface area contributed by atoms with E-state index in [1.165, 1.54) is 36.4 Å². The summed E-state index contributed by atoms with van der Waals surface area (Å²) in [5.41, 5.74) is 0.901. The van der Waals surface area contributed by atoms with Crippen molar-refractivity contribution in [3.8, 4) is 0 Å². The minimum absolute atomic E-state index is 0.0900. The molecule has 0 aliphatic heterocycles. The Morgan fingerprint density at radius 2 is 1.61 bits per heavy atom. The Hall–Kier alpha value is -3.41. The molecule has 0 heterocycles. The Morgan fingerprint density at radius 1 is 0.957 bits per heavy atom. The van der Waals surface area contributed by atoms with Crippen LogP contribution in [0.5, 0.6) is 0 Å². The Bertz CT molecular complexity index is 897. The lowest BCUT2D eigenvalue weighted by Crippen LogP contribution is -2.14. The Morgan fingerprint density at radius 3 is 2.35 bits per heavy atom. The number of ketones is 1. The number of nitro groups is 1. The number of amides is 1. The molecule has 6 heteroatoms. The zero-order valence-corrected chi connectivity index (χ0v) is 11.8. The summed E-state index contributed by atoms with van der Waals surface area (Å²) in [5, 5.41) is 11.0. The molecule has 23 heavy (non-hydrogen) atoms. The lowest BCUT2D eigenvalue weighted by molar-refractivity contribution is -0.385. The van der Waals surface area contributed by atoms with Crippen LogP contribution < -0.4 is 0 Å². The molecular weight excluding hydrogens is 296 g/mol. The lowest BCUT2D eigenvalue weighted by atomic mass is 9.94. The number of nitro benzene ring substituents is 1. The van der Waals surface area contributed by atoms with Crippen molar-refractivity contribution in [2.75, 3.05) is 0 Å². The predicted molar refractivity (Wildman–Crippen MR) is 83.9 cm³/mol. The number of rotatable bonds is 2. The van der Waals surface area contributed by atoms with Gasteiger partial charge in [-0.25, -0.2) is 4.99 Å². The van der Waals surface area contributed by atoms with Crippen LogP contribution in [0.4, 0.5) is 5.69 Å². The molecule has 6 nitrogen and oxygen atoms in total. The smallest absolute Gasteiger partial charge is 0.284 e. The Kier molecular flexibility index (Phi) is 3.64. The van der Waals surface area contributed by atoms with E-state index in [4.69, 9.17) is 0 Å². The maximum Gasteiger partial charge on any atom is 0.284 e. The van der Waals surface area contributed by atoms with E-state index in [0.29, 0.717) is 16.8 Å². The van der Waals surface area contributed by atoms with Crippen molar-refractivity contribution in [2.45, 2.75) is 0 Å². The third kappa shape index (κ3) is 2.69. The second-order valence-corrected chi connectivity index (χ2v) is 4.82. The van der Waals surface area contributed by atoms with E-state index in [9.17, 15) is 19.7 Å². The van der Waals surface area contributed by atoms with E-state index in [-0.39, 0.29) is 17.0 Å². The van der Waals surface area contributed by atoms with Crippen LogP contribution in [-0.2, 0) is 0 Å². The predicted octanol–water partition coefficient (Wildman–Crippen LogP) is 2.98. The molecule has 2 aromatic carbocycles. The first-order valence-electron chi connectivity index (χ1n) is 6.76. The van der Waals surface area contributed by atoms with E-state index in [1.807, 2.05) is 0 Å². The van der Waals surface area contributed by atoms with Crippen molar-refractivity contribution < 1.29 is 14.5 Å². The number of carbonyl (C=O) groups is 2. The zero-order chi connectivity index (χ0) is 16.4. The molecule has 0 atom stereocenters. The summed E-state index contributed by atoms with van der Waals surface area (Å²) >= 11 is 0. The van der Waals surface area contributed by atoms with Crippen molar-refractivity contribution in [3.63, 3.8) is 0 Å². The number of nitrogens with zero attached hydrogens (tertiary/aromatic N) is 2. The first kappa shape index (κ1) is 14.5. The van der Waals surface area contributed by atoms with Crippen LogP contribution in [0.15, 0.2) is 65.7 Å². The number of fused-ring (bicyclic) bond motifs is 1. The van der Waals surface area contributed by atoms with E-state index in [1.54, 1.807) is 24.3 Å². The maximum absolute atomic E-state index is 12.3. The molecule has 0 saturated heterocycles. The highest BCUT2D eigenvalue weighted by atomic mass is 16.6. The summed E-state index contributed by atoms with van der Waals surface area (Å²) in [6.45, 7) is 0. The van der Waals surface area contributed by atoms with Gasteiger partial charge in [0.05, 0.1) is 10.6 Å². The number of aliphatic imine (C=N–C) groups is 1. The van der Waals surface area contributed by atoms with Crippen LogP contribution in [0.1, 0.15) is 26.3 Å². The van der Waals surface area contributed by atoms with Gasteiger partial charge in [-0.05, 0) is 18.2 Å². The molecule has 0 saturated carbocycles. The molecule has 1 amide bonds. The van der Waals surface area contributed by atoms with E-state index >= 15 is 0 Å². The summed E-state index contributed by atoms with van der Waals surface area (Å²) in [6.07, 6.45) is 2.77. The number of para-hydroxylation sites is 1. The van der Waals surface area contributed by atoms with Crippen molar-refractivity contribution in [2.24, 2.45) is 4.99 Å². The van der Waals surface area contributed by atoms with Crippen LogP contribution in [0.2, 0.25) is 0 Å².